The highest BCUT2D eigenvalue weighted by Gasteiger charge is 2.13. The third-order valence-corrected chi connectivity index (χ3v) is 2.51. The zero-order valence-corrected chi connectivity index (χ0v) is 9.54. The molecule has 0 aromatic heterocycles. The molecule has 0 saturated carbocycles. The average molecular weight is 205 g/mol. The van der Waals surface area contributed by atoms with Gasteiger partial charge in [-0.3, -0.25) is 0 Å². The van der Waals surface area contributed by atoms with Crippen LogP contribution in [0.3, 0.4) is 0 Å². The van der Waals surface area contributed by atoms with Gasteiger partial charge >= 0.3 is 6.47 Å². The molecule has 1 rings (SSSR count). The first-order valence-electron chi connectivity index (χ1n) is 5.29. The van der Waals surface area contributed by atoms with Gasteiger partial charge in [0.15, 0.2) is 0 Å². The lowest BCUT2D eigenvalue weighted by Crippen LogP contribution is -2.05. The van der Waals surface area contributed by atoms with E-state index in [1.165, 1.54) is 11.1 Å². The van der Waals surface area contributed by atoms with E-state index in [1.807, 2.05) is 19.1 Å². The molecular formula is C13H17O2. The van der Waals surface area contributed by atoms with Crippen molar-refractivity contribution < 1.29 is 9.53 Å². The van der Waals surface area contributed by atoms with E-state index in [9.17, 15) is 4.79 Å². The molecule has 0 aliphatic carbocycles. The van der Waals surface area contributed by atoms with Crippen LogP contribution in [0.5, 0.6) is 0 Å². The fraction of sp³-hybridized carbons (Fsp3) is 0.462. The van der Waals surface area contributed by atoms with Gasteiger partial charge in [0.05, 0.1) is 0 Å². The summed E-state index contributed by atoms with van der Waals surface area (Å²) >= 11 is 0. The van der Waals surface area contributed by atoms with Gasteiger partial charge in [0.2, 0.25) is 0 Å². The molecule has 1 atom stereocenters. The van der Waals surface area contributed by atoms with E-state index in [0.29, 0.717) is 0 Å². The third kappa shape index (κ3) is 3.08. The van der Waals surface area contributed by atoms with E-state index in [2.05, 4.69) is 19.9 Å². The quantitative estimate of drug-likeness (QED) is 0.737. The van der Waals surface area contributed by atoms with Crippen LogP contribution in [0.4, 0.5) is 0 Å². The normalized spacial score (nSPS) is 12.2. The molecule has 0 bridgehead atoms. The summed E-state index contributed by atoms with van der Waals surface area (Å²) in [6.07, 6.45) is 1.69. The minimum absolute atomic E-state index is 0.145. The van der Waals surface area contributed by atoms with Crippen LogP contribution in [-0.2, 0) is 9.53 Å². The maximum atomic E-state index is 10.3. The number of ether oxygens (including phenoxy) is 1. The van der Waals surface area contributed by atoms with Crippen LogP contribution in [0.2, 0.25) is 0 Å². The van der Waals surface area contributed by atoms with Crippen molar-refractivity contribution in [3.63, 3.8) is 0 Å². The molecule has 1 aromatic carbocycles. The van der Waals surface area contributed by atoms with Gasteiger partial charge in [-0.15, -0.1) is 0 Å². The van der Waals surface area contributed by atoms with Crippen molar-refractivity contribution in [3.8, 4) is 0 Å². The fourth-order valence-electron chi connectivity index (χ4n) is 1.79. The largest absolute Gasteiger partial charge is 0.449 e. The zero-order chi connectivity index (χ0) is 11.3. The van der Waals surface area contributed by atoms with E-state index in [1.54, 1.807) is 6.47 Å². The first-order valence-corrected chi connectivity index (χ1v) is 5.29. The Morgan fingerprint density at radius 2 is 2.13 bits per heavy atom. The zero-order valence-electron chi connectivity index (χ0n) is 9.54. The lowest BCUT2D eigenvalue weighted by molar-refractivity contribution is 0.168. The van der Waals surface area contributed by atoms with Gasteiger partial charge in [-0.25, -0.2) is 4.79 Å². The molecule has 1 unspecified atom stereocenters. The molecule has 0 fully saturated rings. The summed E-state index contributed by atoms with van der Waals surface area (Å²) in [4.78, 5) is 10.3. The van der Waals surface area contributed by atoms with Gasteiger partial charge in [-0.1, -0.05) is 37.1 Å². The molecule has 0 aliphatic rings. The Labute approximate surface area is 91.3 Å². The second-order valence-electron chi connectivity index (χ2n) is 3.84. The maximum Gasteiger partial charge on any atom is 0.418 e. The second-order valence-corrected chi connectivity index (χ2v) is 3.84. The van der Waals surface area contributed by atoms with E-state index in [4.69, 9.17) is 4.74 Å². The summed E-state index contributed by atoms with van der Waals surface area (Å²) < 4.78 is 4.98. The molecule has 2 nitrogen and oxygen atoms in total. The second kappa shape index (κ2) is 5.54. The van der Waals surface area contributed by atoms with Crippen molar-refractivity contribution in [2.75, 3.05) is 0 Å². The molecule has 1 aromatic rings. The van der Waals surface area contributed by atoms with E-state index < -0.39 is 0 Å². The topological polar surface area (TPSA) is 26.3 Å². The molecule has 0 heterocycles. The molecule has 0 N–H and O–H groups in total. The van der Waals surface area contributed by atoms with Crippen LogP contribution in [-0.4, -0.2) is 6.47 Å². The number of benzene rings is 1. The third-order valence-electron chi connectivity index (χ3n) is 2.51. The van der Waals surface area contributed by atoms with Crippen LogP contribution in [0.1, 0.15) is 42.6 Å². The van der Waals surface area contributed by atoms with Crippen molar-refractivity contribution in [2.45, 2.75) is 39.7 Å². The summed E-state index contributed by atoms with van der Waals surface area (Å²) in [7, 11) is 0. The number of hydrogen-bond donors (Lipinski definition) is 0. The molecule has 0 amide bonds. The summed E-state index contributed by atoms with van der Waals surface area (Å²) in [6, 6.07) is 6.17. The van der Waals surface area contributed by atoms with Crippen molar-refractivity contribution in [1.82, 2.24) is 0 Å². The highest BCUT2D eigenvalue weighted by Crippen LogP contribution is 2.25. The highest BCUT2D eigenvalue weighted by atomic mass is 16.5. The molecule has 81 valence electrons. The molecular weight excluding hydrogens is 188 g/mol. The van der Waals surface area contributed by atoms with Gasteiger partial charge in [-0.2, -0.15) is 0 Å². The smallest absolute Gasteiger partial charge is 0.418 e. The fourth-order valence-corrected chi connectivity index (χ4v) is 1.79. The molecule has 15 heavy (non-hydrogen) atoms. The number of aryl methyl sites for hydroxylation is 2. The van der Waals surface area contributed by atoms with Gasteiger partial charge in [-0.05, 0) is 31.4 Å². The summed E-state index contributed by atoms with van der Waals surface area (Å²) in [5.41, 5.74) is 3.48. The van der Waals surface area contributed by atoms with Crippen molar-refractivity contribution in [3.05, 3.63) is 34.9 Å². The lowest BCUT2D eigenvalue weighted by Gasteiger charge is -2.16. The predicted octanol–water partition coefficient (Wildman–Crippen LogP) is 3.23. The highest BCUT2D eigenvalue weighted by molar-refractivity contribution is 5.41. The average Bonchev–Trinajstić information content (AvgIpc) is 2.17. The van der Waals surface area contributed by atoms with Gasteiger partial charge in [0.1, 0.15) is 6.10 Å². The van der Waals surface area contributed by atoms with Crippen LogP contribution in [0.15, 0.2) is 18.2 Å². The van der Waals surface area contributed by atoms with E-state index >= 15 is 0 Å². The van der Waals surface area contributed by atoms with Crippen molar-refractivity contribution in [1.29, 1.82) is 0 Å². The van der Waals surface area contributed by atoms with Crippen LogP contribution in [0, 0.1) is 13.8 Å². The van der Waals surface area contributed by atoms with Crippen LogP contribution >= 0.6 is 0 Å². The number of hydrogen-bond acceptors (Lipinski definition) is 2. The van der Waals surface area contributed by atoms with Crippen molar-refractivity contribution in [2.24, 2.45) is 0 Å². The Bertz CT molecular complexity index is 331. The molecule has 0 saturated heterocycles. The van der Waals surface area contributed by atoms with E-state index in [0.717, 1.165) is 18.4 Å². The standard InChI is InChI=1S/C13H17O2/c1-4-5-13(15-9-14)12-7-6-10(2)8-11(12)3/h6-8,13H,4-5H2,1-3H3. The summed E-state index contributed by atoms with van der Waals surface area (Å²) in [5.74, 6) is 0. The monoisotopic (exact) mass is 205 g/mol. The summed E-state index contributed by atoms with van der Waals surface area (Å²) in [5, 5.41) is 0. The molecule has 0 spiro atoms. The Balaban J connectivity index is 2.94. The first kappa shape index (κ1) is 11.8. The Hall–Kier alpha value is -1.31. The molecule has 0 aliphatic heterocycles. The maximum absolute atomic E-state index is 10.3. The lowest BCUT2D eigenvalue weighted by atomic mass is 9.98. The minimum Gasteiger partial charge on any atom is -0.449 e. The summed E-state index contributed by atoms with van der Waals surface area (Å²) in [6.45, 7) is 7.71. The molecule has 1 radical (unpaired) electrons. The van der Waals surface area contributed by atoms with Gasteiger partial charge in [0, 0.05) is 0 Å². The Morgan fingerprint density at radius 1 is 1.40 bits per heavy atom. The Morgan fingerprint density at radius 3 is 2.67 bits per heavy atom. The van der Waals surface area contributed by atoms with Crippen LogP contribution < -0.4 is 0 Å². The molecule has 2 heteroatoms. The predicted molar refractivity (Wildman–Crippen MR) is 60.3 cm³/mol. The number of rotatable bonds is 5. The first-order chi connectivity index (χ1) is 7.19. The van der Waals surface area contributed by atoms with E-state index in [-0.39, 0.29) is 6.10 Å². The number of carbonyl (C=O) groups excluding carboxylic acids is 1. The van der Waals surface area contributed by atoms with Gasteiger partial charge in [0.25, 0.3) is 0 Å². The SMILES string of the molecule is CCCC(O[C]=O)c1ccc(C)cc1C. The Kier molecular flexibility index (Phi) is 4.35. The van der Waals surface area contributed by atoms with Crippen molar-refractivity contribution >= 4 is 6.47 Å². The minimum atomic E-state index is -0.145. The van der Waals surface area contributed by atoms with Crippen LogP contribution in [0.25, 0.3) is 0 Å². The van der Waals surface area contributed by atoms with Gasteiger partial charge < -0.3 is 4.74 Å².